The molecule has 0 saturated heterocycles. The van der Waals surface area contributed by atoms with Gasteiger partial charge in [-0.15, -0.1) is 0 Å². The van der Waals surface area contributed by atoms with Crippen LogP contribution in [-0.4, -0.2) is 11.7 Å². The molecule has 0 radical (unpaired) electrons. The molecular formula is C13H17FO. The second-order valence-electron chi connectivity index (χ2n) is 4.45. The predicted octanol–water partition coefficient (Wildman–Crippen LogP) is 3.09. The first-order valence-electron chi connectivity index (χ1n) is 5.66. The van der Waals surface area contributed by atoms with Crippen molar-refractivity contribution >= 4 is 0 Å². The molecule has 1 nitrogen and oxygen atoms in total. The van der Waals surface area contributed by atoms with E-state index in [2.05, 4.69) is 0 Å². The van der Waals surface area contributed by atoms with Crippen molar-refractivity contribution in [2.75, 3.05) is 6.61 Å². The van der Waals surface area contributed by atoms with E-state index < -0.39 is 0 Å². The molecule has 0 amide bonds. The van der Waals surface area contributed by atoms with E-state index in [0.29, 0.717) is 18.4 Å². The Labute approximate surface area is 89.9 Å². The van der Waals surface area contributed by atoms with Crippen LogP contribution >= 0.6 is 0 Å². The SMILES string of the molecule is OCC1CCC(c2ccc(F)cc2)CC1. The van der Waals surface area contributed by atoms with Gasteiger partial charge in [0, 0.05) is 6.61 Å². The van der Waals surface area contributed by atoms with Gasteiger partial charge in [0.15, 0.2) is 0 Å². The third-order valence-corrected chi connectivity index (χ3v) is 3.45. The van der Waals surface area contributed by atoms with E-state index in [4.69, 9.17) is 5.11 Å². The minimum absolute atomic E-state index is 0.164. The summed E-state index contributed by atoms with van der Waals surface area (Å²) in [6, 6.07) is 6.85. The smallest absolute Gasteiger partial charge is 0.123 e. The maximum absolute atomic E-state index is 12.7. The average Bonchev–Trinajstić information content (AvgIpc) is 2.30. The van der Waals surface area contributed by atoms with Crippen molar-refractivity contribution in [3.05, 3.63) is 35.6 Å². The molecule has 82 valence electrons. The third kappa shape index (κ3) is 2.57. The molecule has 0 aliphatic heterocycles. The lowest BCUT2D eigenvalue weighted by Crippen LogP contribution is -2.16. The minimum atomic E-state index is -0.164. The van der Waals surface area contributed by atoms with Crippen molar-refractivity contribution in [3.63, 3.8) is 0 Å². The zero-order valence-electron chi connectivity index (χ0n) is 8.82. The number of benzene rings is 1. The Balaban J connectivity index is 1.98. The van der Waals surface area contributed by atoms with Gasteiger partial charge in [-0.3, -0.25) is 0 Å². The van der Waals surface area contributed by atoms with Crippen LogP contribution in [0.4, 0.5) is 4.39 Å². The van der Waals surface area contributed by atoms with Gasteiger partial charge in [0.1, 0.15) is 5.82 Å². The fourth-order valence-corrected chi connectivity index (χ4v) is 2.41. The molecule has 15 heavy (non-hydrogen) atoms. The summed E-state index contributed by atoms with van der Waals surface area (Å²) in [6.07, 6.45) is 4.44. The lowest BCUT2D eigenvalue weighted by Gasteiger charge is -2.27. The number of hydrogen-bond donors (Lipinski definition) is 1. The molecule has 0 aromatic heterocycles. The fraction of sp³-hybridized carbons (Fsp3) is 0.538. The van der Waals surface area contributed by atoms with Crippen molar-refractivity contribution in [1.29, 1.82) is 0 Å². The van der Waals surface area contributed by atoms with Crippen LogP contribution in [-0.2, 0) is 0 Å². The number of rotatable bonds is 2. The summed E-state index contributed by atoms with van der Waals surface area (Å²) in [5, 5.41) is 9.03. The largest absolute Gasteiger partial charge is 0.396 e. The van der Waals surface area contributed by atoms with E-state index in [1.807, 2.05) is 12.1 Å². The lowest BCUT2D eigenvalue weighted by atomic mass is 9.79. The molecule has 0 unspecified atom stereocenters. The number of aliphatic hydroxyl groups is 1. The van der Waals surface area contributed by atoms with Gasteiger partial charge in [0.2, 0.25) is 0 Å². The molecule has 1 saturated carbocycles. The molecule has 1 aliphatic carbocycles. The highest BCUT2D eigenvalue weighted by Gasteiger charge is 2.21. The number of hydrogen-bond acceptors (Lipinski definition) is 1. The maximum atomic E-state index is 12.7. The van der Waals surface area contributed by atoms with Crippen molar-refractivity contribution in [1.82, 2.24) is 0 Å². The highest BCUT2D eigenvalue weighted by molar-refractivity contribution is 5.20. The molecule has 0 atom stereocenters. The average molecular weight is 208 g/mol. The van der Waals surface area contributed by atoms with E-state index in [0.717, 1.165) is 25.7 Å². The molecular weight excluding hydrogens is 191 g/mol. The van der Waals surface area contributed by atoms with Gasteiger partial charge in [-0.2, -0.15) is 0 Å². The zero-order chi connectivity index (χ0) is 10.7. The Hall–Kier alpha value is -0.890. The topological polar surface area (TPSA) is 20.2 Å². The van der Waals surface area contributed by atoms with Gasteiger partial charge in [0.05, 0.1) is 0 Å². The van der Waals surface area contributed by atoms with Crippen LogP contribution in [0, 0.1) is 11.7 Å². The molecule has 2 heteroatoms. The monoisotopic (exact) mass is 208 g/mol. The summed E-state index contributed by atoms with van der Waals surface area (Å²) in [7, 11) is 0. The molecule has 0 heterocycles. The van der Waals surface area contributed by atoms with E-state index >= 15 is 0 Å². The predicted molar refractivity (Wildman–Crippen MR) is 58.2 cm³/mol. The van der Waals surface area contributed by atoms with Gasteiger partial charge >= 0.3 is 0 Å². The summed E-state index contributed by atoms with van der Waals surface area (Å²) in [5.41, 5.74) is 1.24. The van der Waals surface area contributed by atoms with Crippen LogP contribution in [0.25, 0.3) is 0 Å². The quantitative estimate of drug-likeness (QED) is 0.791. The molecule has 1 aliphatic rings. The Morgan fingerprint density at radius 2 is 1.67 bits per heavy atom. The summed E-state index contributed by atoms with van der Waals surface area (Å²) >= 11 is 0. The maximum Gasteiger partial charge on any atom is 0.123 e. The van der Waals surface area contributed by atoms with E-state index in [1.165, 1.54) is 17.7 Å². The molecule has 1 aromatic carbocycles. The Bertz CT molecular complexity index is 299. The van der Waals surface area contributed by atoms with Crippen molar-refractivity contribution in [3.8, 4) is 0 Å². The van der Waals surface area contributed by atoms with Gasteiger partial charge < -0.3 is 5.11 Å². The van der Waals surface area contributed by atoms with Crippen LogP contribution in [0.15, 0.2) is 24.3 Å². The summed E-state index contributed by atoms with van der Waals surface area (Å²) < 4.78 is 12.7. The molecule has 1 fully saturated rings. The van der Waals surface area contributed by atoms with Crippen LogP contribution in [0.2, 0.25) is 0 Å². The number of aliphatic hydroxyl groups excluding tert-OH is 1. The van der Waals surface area contributed by atoms with Crippen molar-refractivity contribution < 1.29 is 9.50 Å². The molecule has 1 aromatic rings. The third-order valence-electron chi connectivity index (χ3n) is 3.45. The van der Waals surface area contributed by atoms with Gasteiger partial charge in [-0.1, -0.05) is 12.1 Å². The van der Waals surface area contributed by atoms with Gasteiger partial charge in [0.25, 0.3) is 0 Å². The van der Waals surface area contributed by atoms with Gasteiger partial charge in [-0.05, 0) is 55.2 Å². The van der Waals surface area contributed by atoms with E-state index in [-0.39, 0.29) is 5.82 Å². The Kier molecular flexibility index (Phi) is 3.37. The molecule has 0 bridgehead atoms. The van der Waals surface area contributed by atoms with Crippen LogP contribution in [0.5, 0.6) is 0 Å². The van der Waals surface area contributed by atoms with Crippen LogP contribution < -0.4 is 0 Å². The highest BCUT2D eigenvalue weighted by Crippen LogP contribution is 2.35. The fourth-order valence-electron chi connectivity index (χ4n) is 2.41. The summed E-state index contributed by atoms with van der Waals surface area (Å²) in [4.78, 5) is 0. The lowest BCUT2D eigenvalue weighted by molar-refractivity contribution is 0.182. The van der Waals surface area contributed by atoms with Crippen LogP contribution in [0.3, 0.4) is 0 Å². The zero-order valence-corrected chi connectivity index (χ0v) is 8.82. The van der Waals surface area contributed by atoms with E-state index in [1.54, 1.807) is 0 Å². The standard InChI is InChI=1S/C13H17FO/c14-13-7-5-12(6-8-13)11-3-1-10(9-15)2-4-11/h5-8,10-11,15H,1-4,9H2. The second kappa shape index (κ2) is 4.75. The second-order valence-corrected chi connectivity index (χ2v) is 4.45. The first-order chi connectivity index (χ1) is 7.29. The molecule has 0 spiro atoms. The summed E-state index contributed by atoms with van der Waals surface area (Å²) in [5.74, 6) is 0.887. The Morgan fingerprint density at radius 3 is 2.20 bits per heavy atom. The highest BCUT2D eigenvalue weighted by atomic mass is 19.1. The first-order valence-corrected chi connectivity index (χ1v) is 5.66. The van der Waals surface area contributed by atoms with Crippen molar-refractivity contribution in [2.24, 2.45) is 5.92 Å². The minimum Gasteiger partial charge on any atom is -0.396 e. The van der Waals surface area contributed by atoms with Crippen molar-refractivity contribution in [2.45, 2.75) is 31.6 Å². The normalized spacial score (nSPS) is 26.5. The first kappa shape index (κ1) is 10.6. The molecule has 2 rings (SSSR count). The molecule has 1 N–H and O–H groups in total. The van der Waals surface area contributed by atoms with E-state index in [9.17, 15) is 4.39 Å². The number of halogens is 1. The summed E-state index contributed by atoms with van der Waals surface area (Å²) in [6.45, 7) is 0.316. The van der Waals surface area contributed by atoms with Crippen LogP contribution in [0.1, 0.15) is 37.2 Å². The Morgan fingerprint density at radius 1 is 1.07 bits per heavy atom. The van der Waals surface area contributed by atoms with Gasteiger partial charge in [-0.25, -0.2) is 4.39 Å².